The van der Waals surface area contributed by atoms with Gasteiger partial charge < -0.3 is 19.5 Å². The van der Waals surface area contributed by atoms with Crippen molar-refractivity contribution in [2.24, 2.45) is 5.41 Å². The minimum absolute atomic E-state index is 0.00111. The lowest BCUT2D eigenvalue weighted by Crippen LogP contribution is -2.41. The molecule has 3 rings (SSSR count). The largest absolute Gasteiger partial charge is 0.381 e. The summed E-state index contributed by atoms with van der Waals surface area (Å²) >= 11 is 0. The van der Waals surface area contributed by atoms with E-state index in [9.17, 15) is 4.79 Å². The Morgan fingerprint density at radius 1 is 1.08 bits per heavy atom. The van der Waals surface area contributed by atoms with Crippen molar-refractivity contribution < 1.29 is 19.0 Å². The van der Waals surface area contributed by atoms with Gasteiger partial charge in [-0.3, -0.25) is 4.79 Å². The van der Waals surface area contributed by atoms with Gasteiger partial charge in [0.05, 0.1) is 13.2 Å². The summed E-state index contributed by atoms with van der Waals surface area (Å²) in [5.74, 6) is 0.00111. The molecule has 0 unspecified atom stereocenters. The van der Waals surface area contributed by atoms with Crippen LogP contribution in [0, 0.1) is 19.3 Å². The fourth-order valence-electron chi connectivity index (χ4n) is 3.94. The maximum absolute atomic E-state index is 12.4. The molecule has 2 aliphatic rings. The number of nitrogens with one attached hydrogen (secondary N) is 1. The van der Waals surface area contributed by atoms with Gasteiger partial charge in [0.25, 0.3) is 5.91 Å². The molecule has 0 saturated carbocycles. The van der Waals surface area contributed by atoms with Crippen molar-refractivity contribution in [2.45, 2.75) is 45.8 Å². The highest BCUT2D eigenvalue weighted by molar-refractivity contribution is 5.94. The zero-order valence-corrected chi connectivity index (χ0v) is 15.3. The quantitative estimate of drug-likeness (QED) is 0.804. The van der Waals surface area contributed by atoms with Crippen molar-refractivity contribution in [3.05, 3.63) is 34.9 Å². The predicted octanol–water partition coefficient (Wildman–Crippen LogP) is 2.98. The van der Waals surface area contributed by atoms with Gasteiger partial charge in [-0.05, 0) is 51.7 Å². The van der Waals surface area contributed by atoms with Gasteiger partial charge in [-0.15, -0.1) is 0 Å². The van der Waals surface area contributed by atoms with E-state index in [4.69, 9.17) is 14.2 Å². The molecule has 2 saturated heterocycles. The number of hydrogen-bond acceptors (Lipinski definition) is 4. The van der Waals surface area contributed by atoms with Gasteiger partial charge in [0.15, 0.2) is 6.29 Å². The van der Waals surface area contributed by atoms with E-state index in [1.165, 1.54) is 0 Å². The number of aryl methyl sites for hydroxylation is 2. The van der Waals surface area contributed by atoms with Crippen molar-refractivity contribution in [1.82, 2.24) is 5.32 Å². The van der Waals surface area contributed by atoms with Gasteiger partial charge in [-0.25, -0.2) is 0 Å². The first kappa shape index (κ1) is 18.4. The van der Waals surface area contributed by atoms with Crippen LogP contribution in [0.2, 0.25) is 0 Å². The normalized spacial score (nSPS) is 20.6. The molecule has 1 amide bonds. The van der Waals surface area contributed by atoms with Crippen LogP contribution in [0.25, 0.3) is 0 Å². The van der Waals surface area contributed by atoms with E-state index in [1.54, 1.807) is 0 Å². The Hall–Kier alpha value is -1.43. The number of hydrogen-bond donors (Lipinski definition) is 1. The number of carbonyl (C=O) groups excluding carboxylic acids is 1. The topological polar surface area (TPSA) is 56.8 Å². The van der Waals surface area contributed by atoms with Crippen LogP contribution >= 0.6 is 0 Å². The van der Waals surface area contributed by atoms with Gasteiger partial charge in [0, 0.05) is 30.7 Å². The van der Waals surface area contributed by atoms with Gasteiger partial charge >= 0.3 is 0 Å². The molecule has 5 nitrogen and oxygen atoms in total. The SMILES string of the molecule is Cc1cc(C)cc(C(=O)NCCCC2(C3OCCO3)CCOCC2)c1. The molecule has 25 heavy (non-hydrogen) atoms. The van der Waals surface area contributed by atoms with Crippen molar-refractivity contribution >= 4 is 5.91 Å². The molecule has 138 valence electrons. The molecular weight excluding hydrogens is 318 g/mol. The second-order valence-electron chi connectivity index (χ2n) is 7.28. The highest BCUT2D eigenvalue weighted by atomic mass is 16.7. The molecule has 2 heterocycles. The van der Waals surface area contributed by atoms with E-state index in [2.05, 4.69) is 11.4 Å². The van der Waals surface area contributed by atoms with Crippen molar-refractivity contribution in [2.75, 3.05) is 33.0 Å². The minimum Gasteiger partial charge on any atom is -0.381 e. The molecule has 0 aromatic heterocycles. The summed E-state index contributed by atoms with van der Waals surface area (Å²) in [6.07, 6.45) is 3.70. The Bertz CT molecular complexity index is 569. The van der Waals surface area contributed by atoms with Gasteiger partial charge in [0.2, 0.25) is 0 Å². The molecule has 2 fully saturated rings. The molecule has 0 radical (unpaired) electrons. The number of carbonyl (C=O) groups is 1. The fraction of sp³-hybridized carbons (Fsp3) is 0.650. The third kappa shape index (κ3) is 4.60. The lowest BCUT2D eigenvalue weighted by atomic mass is 9.75. The summed E-state index contributed by atoms with van der Waals surface area (Å²) in [6.45, 7) is 7.57. The average molecular weight is 347 g/mol. The Morgan fingerprint density at radius 3 is 2.36 bits per heavy atom. The highest BCUT2D eigenvalue weighted by Crippen LogP contribution is 2.42. The standard InChI is InChI=1S/C20H29NO4/c1-15-12-16(2)14-17(13-15)18(22)21-7-3-4-20(5-8-23-9-6-20)19-24-10-11-25-19/h12-14,19H,3-11H2,1-2H3,(H,21,22). The Kier molecular flexibility index (Phi) is 6.10. The molecule has 0 bridgehead atoms. The second kappa shape index (κ2) is 8.30. The van der Waals surface area contributed by atoms with E-state index in [0.29, 0.717) is 19.8 Å². The first-order valence-corrected chi connectivity index (χ1v) is 9.27. The number of ether oxygens (including phenoxy) is 3. The summed E-state index contributed by atoms with van der Waals surface area (Å²) < 4.78 is 17.1. The summed E-state index contributed by atoms with van der Waals surface area (Å²) in [6, 6.07) is 5.94. The van der Waals surface area contributed by atoms with Crippen LogP contribution in [-0.2, 0) is 14.2 Å². The van der Waals surface area contributed by atoms with E-state index >= 15 is 0 Å². The first-order chi connectivity index (χ1) is 12.1. The van der Waals surface area contributed by atoms with Crippen LogP contribution in [0.3, 0.4) is 0 Å². The highest BCUT2D eigenvalue weighted by Gasteiger charge is 2.43. The van der Waals surface area contributed by atoms with Gasteiger partial charge in [-0.2, -0.15) is 0 Å². The van der Waals surface area contributed by atoms with E-state index in [0.717, 1.165) is 55.6 Å². The zero-order valence-electron chi connectivity index (χ0n) is 15.3. The zero-order chi connectivity index (χ0) is 17.7. The molecule has 5 heteroatoms. The number of amides is 1. The molecule has 2 aliphatic heterocycles. The second-order valence-corrected chi connectivity index (χ2v) is 7.28. The first-order valence-electron chi connectivity index (χ1n) is 9.27. The maximum Gasteiger partial charge on any atom is 0.251 e. The maximum atomic E-state index is 12.4. The predicted molar refractivity (Wildman–Crippen MR) is 95.7 cm³/mol. The van der Waals surface area contributed by atoms with Crippen molar-refractivity contribution in [3.63, 3.8) is 0 Å². The Balaban J connectivity index is 1.51. The summed E-state index contributed by atoms with van der Waals surface area (Å²) in [5, 5.41) is 3.05. The van der Waals surface area contributed by atoms with Crippen LogP contribution in [0.15, 0.2) is 18.2 Å². The lowest BCUT2D eigenvalue weighted by Gasteiger charge is -2.40. The smallest absolute Gasteiger partial charge is 0.251 e. The number of rotatable bonds is 6. The molecule has 1 N–H and O–H groups in total. The van der Waals surface area contributed by atoms with Crippen LogP contribution in [-0.4, -0.2) is 45.2 Å². The van der Waals surface area contributed by atoms with Gasteiger partial charge in [0.1, 0.15) is 0 Å². The summed E-state index contributed by atoms with van der Waals surface area (Å²) in [7, 11) is 0. The molecule has 0 aliphatic carbocycles. The fourth-order valence-corrected chi connectivity index (χ4v) is 3.94. The van der Waals surface area contributed by atoms with E-state index < -0.39 is 0 Å². The average Bonchev–Trinajstić information content (AvgIpc) is 3.14. The van der Waals surface area contributed by atoms with Gasteiger partial charge in [-0.1, -0.05) is 17.2 Å². The van der Waals surface area contributed by atoms with E-state index in [1.807, 2.05) is 26.0 Å². The Morgan fingerprint density at radius 2 is 1.72 bits per heavy atom. The Labute approximate surface area is 150 Å². The summed E-state index contributed by atoms with van der Waals surface area (Å²) in [4.78, 5) is 12.4. The van der Waals surface area contributed by atoms with Crippen LogP contribution < -0.4 is 5.32 Å². The molecule has 1 aromatic carbocycles. The molecule has 0 spiro atoms. The number of benzene rings is 1. The minimum atomic E-state index is -0.119. The van der Waals surface area contributed by atoms with E-state index in [-0.39, 0.29) is 17.6 Å². The van der Waals surface area contributed by atoms with Crippen LogP contribution in [0.5, 0.6) is 0 Å². The lowest BCUT2D eigenvalue weighted by molar-refractivity contribution is -0.168. The monoisotopic (exact) mass is 347 g/mol. The van der Waals surface area contributed by atoms with Crippen LogP contribution in [0.4, 0.5) is 0 Å². The molecule has 0 atom stereocenters. The van der Waals surface area contributed by atoms with Crippen molar-refractivity contribution in [3.8, 4) is 0 Å². The molecular formula is C20H29NO4. The third-order valence-corrected chi connectivity index (χ3v) is 5.23. The van der Waals surface area contributed by atoms with Crippen LogP contribution in [0.1, 0.15) is 47.2 Å². The van der Waals surface area contributed by atoms with Crippen molar-refractivity contribution in [1.29, 1.82) is 0 Å². The third-order valence-electron chi connectivity index (χ3n) is 5.23. The molecule has 1 aromatic rings. The summed E-state index contributed by atoms with van der Waals surface area (Å²) in [5.41, 5.74) is 2.99.